The molecule has 0 fully saturated rings. The van der Waals surface area contributed by atoms with Crippen LogP contribution in [0.25, 0.3) is 10.4 Å². The summed E-state index contributed by atoms with van der Waals surface area (Å²) in [5.41, 5.74) is 7.97. The largest absolute Gasteiger partial charge is 0.364 e. The molecular weight excluding hydrogens is 130 g/mol. The minimum Gasteiger partial charge on any atom is -0.364 e. The second kappa shape index (κ2) is 5.88. The molecule has 54 valence electrons. The van der Waals surface area contributed by atoms with Crippen molar-refractivity contribution in [1.82, 2.24) is 0 Å². The van der Waals surface area contributed by atoms with E-state index in [0.29, 0.717) is 6.61 Å². The molecule has 0 spiro atoms. The molecule has 0 aliphatic carbocycles. The fourth-order valence-electron chi connectivity index (χ4n) is 0.366. The van der Waals surface area contributed by atoms with E-state index in [1.54, 1.807) is 6.08 Å². The van der Waals surface area contributed by atoms with Gasteiger partial charge in [0.2, 0.25) is 0 Å². The molecule has 0 saturated heterocycles. The third kappa shape index (κ3) is 3.72. The van der Waals surface area contributed by atoms with Crippen LogP contribution < -0.4 is 0 Å². The average Bonchev–Trinajstić information content (AvgIpc) is 1.98. The molecular formula is C6H9N3O. The lowest BCUT2D eigenvalue weighted by atomic mass is 10.5. The van der Waals surface area contributed by atoms with E-state index in [9.17, 15) is 0 Å². The zero-order valence-corrected chi connectivity index (χ0v) is 5.60. The minimum atomic E-state index is -0.581. The van der Waals surface area contributed by atoms with Crippen LogP contribution in [0.15, 0.2) is 30.4 Å². The van der Waals surface area contributed by atoms with Gasteiger partial charge in [-0.1, -0.05) is 17.3 Å². The van der Waals surface area contributed by atoms with Crippen molar-refractivity contribution in [2.24, 2.45) is 5.11 Å². The lowest BCUT2D eigenvalue weighted by Gasteiger charge is -2.03. The van der Waals surface area contributed by atoms with Crippen molar-refractivity contribution in [2.45, 2.75) is 6.23 Å². The molecule has 1 unspecified atom stereocenters. The molecule has 0 radical (unpaired) electrons. The summed E-state index contributed by atoms with van der Waals surface area (Å²) in [6.07, 6.45) is 2.41. The second-order valence-corrected chi connectivity index (χ2v) is 1.45. The Balaban J connectivity index is 3.70. The minimum absolute atomic E-state index is 0.357. The third-order valence-electron chi connectivity index (χ3n) is 0.752. The first-order valence-electron chi connectivity index (χ1n) is 2.74. The van der Waals surface area contributed by atoms with E-state index in [0.717, 1.165) is 0 Å². The molecule has 10 heavy (non-hydrogen) atoms. The van der Waals surface area contributed by atoms with E-state index >= 15 is 0 Å². The topological polar surface area (TPSA) is 58.0 Å². The summed E-state index contributed by atoms with van der Waals surface area (Å²) < 4.78 is 4.92. The van der Waals surface area contributed by atoms with E-state index in [1.807, 2.05) is 0 Å². The Kier molecular flexibility index (Phi) is 5.14. The van der Waals surface area contributed by atoms with Gasteiger partial charge in [0.15, 0.2) is 6.23 Å². The molecule has 0 rings (SSSR count). The molecule has 4 heteroatoms. The Morgan fingerprint density at radius 3 is 2.80 bits per heavy atom. The van der Waals surface area contributed by atoms with Gasteiger partial charge in [-0.3, -0.25) is 0 Å². The summed E-state index contributed by atoms with van der Waals surface area (Å²) in [5.74, 6) is 0. The standard InChI is InChI=1S/C6H9N3O/c1-3-5-10-6(4-2)8-9-7/h3-4,6H,1-2,5H2. The number of azide groups is 1. The van der Waals surface area contributed by atoms with Crippen LogP contribution in [0.2, 0.25) is 0 Å². The van der Waals surface area contributed by atoms with Crippen LogP contribution in [0.4, 0.5) is 0 Å². The van der Waals surface area contributed by atoms with Gasteiger partial charge in [-0.25, -0.2) is 0 Å². The number of hydrogen-bond donors (Lipinski definition) is 0. The molecule has 0 aliphatic heterocycles. The van der Waals surface area contributed by atoms with Crippen LogP contribution in [0, 0.1) is 0 Å². The van der Waals surface area contributed by atoms with E-state index in [-0.39, 0.29) is 0 Å². The zero-order chi connectivity index (χ0) is 7.82. The second-order valence-electron chi connectivity index (χ2n) is 1.45. The highest BCUT2D eigenvalue weighted by atomic mass is 16.5. The Bertz CT molecular complexity index is 160. The van der Waals surface area contributed by atoms with E-state index in [1.165, 1.54) is 6.08 Å². The van der Waals surface area contributed by atoms with Crippen molar-refractivity contribution in [3.8, 4) is 0 Å². The number of ether oxygens (including phenoxy) is 1. The summed E-state index contributed by atoms with van der Waals surface area (Å²) in [7, 11) is 0. The van der Waals surface area contributed by atoms with Gasteiger partial charge in [0, 0.05) is 4.91 Å². The molecule has 0 amide bonds. The predicted molar refractivity (Wildman–Crippen MR) is 39.3 cm³/mol. The smallest absolute Gasteiger partial charge is 0.154 e. The molecule has 1 atom stereocenters. The van der Waals surface area contributed by atoms with Crippen LogP contribution in [-0.4, -0.2) is 12.8 Å². The Hall–Kier alpha value is -1.25. The lowest BCUT2D eigenvalue weighted by molar-refractivity contribution is 0.115. The third-order valence-corrected chi connectivity index (χ3v) is 0.752. The van der Waals surface area contributed by atoms with Gasteiger partial charge in [-0.15, -0.1) is 13.2 Å². The fraction of sp³-hybridized carbons (Fsp3) is 0.333. The summed E-state index contributed by atoms with van der Waals surface area (Å²) in [6, 6.07) is 0. The van der Waals surface area contributed by atoms with Crippen molar-refractivity contribution < 1.29 is 4.74 Å². The van der Waals surface area contributed by atoms with Gasteiger partial charge in [-0.05, 0) is 5.53 Å². The molecule has 0 aliphatic rings. The summed E-state index contributed by atoms with van der Waals surface area (Å²) in [6.45, 7) is 7.20. The molecule has 0 aromatic heterocycles. The highest BCUT2D eigenvalue weighted by molar-refractivity contribution is 4.79. The van der Waals surface area contributed by atoms with Crippen LogP contribution in [0.5, 0.6) is 0 Å². The van der Waals surface area contributed by atoms with E-state index in [4.69, 9.17) is 10.3 Å². The maximum atomic E-state index is 7.97. The van der Waals surface area contributed by atoms with Gasteiger partial charge >= 0.3 is 0 Å². The summed E-state index contributed by atoms with van der Waals surface area (Å²) in [5, 5.41) is 3.27. The SMILES string of the molecule is C=CCOC(C=C)N=[N+]=[N-]. The Morgan fingerprint density at radius 2 is 2.40 bits per heavy atom. The molecule has 0 N–H and O–H groups in total. The first-order chi connectivity index (χ1) is 4.85. The molecule has 4 nitrogen and oxygen atoms in total. The van der Waals surface area contributed by atoms with Crippen molar-refractivity contribution in [3.05, 3.63) is 35.8 Å². The van der Waals surface area contributed by atoms with Gasteiger partial charge in [0.05, 0.1) is 6.61 Å². The molecule has 0 aromatic rings. The van der Waals surface area contributed by atoms with Gasteiger partial charge in [0.25, 0.3) is 0 Å². The summed E-state index contributed by atoms with van der Waals surface area (Å²) >= 11 is 0. The van der Waals surface area contributed by atoms with Gasteiger partial charge < -0.3 is 4.74 Å². The molecule has 0 saturated carbocycles. The van der Waals surface area contributed by atoms with Crippen LogP contribution in [-0.2, 0) is 4.74 Å². The first-order valence-corrected chi connectivity index (χ1v) is 2.74. The van der Waals surface area contributed by atoms with Crippen molar-refractivity contribution in [2.75, 3.05) is 6.61 Å². The van der Waals surface area contributed by atoms with Crippen LogP contribution >= 0.6 is 0 Å². The Morgan fingerprint density at radius 1 is 1.70 bits per heavy atom. The quantitative estimate of drug-likeness (QED) is 0.249. The monoisotopic (exact) mass is 139 g/mol. The van der Waals surface area contributed by atoms with Crippen molar-refractivity contribution in [3.63, 3.8) is 0 Å². The maximum Gasteiger partial charge on any atom is 0.154 e. The van der Waals surface area contributed by atoms with Crippen LogP contribution in [0.3, 0.4) is 0 Å². The van der Waals surface area contributed by atoms with Crippen molar-refractivity contribution >= 4 is 0 Å². The van der Waals surface area contributed by atoms with Gasteiger partial charge in [-0.2, -0.15) is 0 Å². The van der Waals surface area contributed by atoms with E-state index in [2.05, 4.69) is 23.2 Å². The highest BCUT2D eigenvalue weighted by Gasteiger charge is 1.95. The molecule has 0 bridgehead atoms. The zero-order valence-electron chi connectivity index (χ0n) is 5.60. The van der Waals surface area contributed by atoms with E-state index < -0.39 is 6.23 Å². The summed E-state index contributed by atoms with van der Waals surface area (Å²) in [4.78, 5) is 2.55. The average molecular weight is 139 g/mol. The lowest BCUT2D eigenvalue weighted by Crippen LogP contribution is -2.04. The number of nitrogens with zero attached hydrogens (tertiary/aromatic N) is 3. The highest BCUT2D eigenvalue weighted by Crippen LogP contribution is 1.94. The molecule has 0 aromatic carbocycles. The van der Waals surface area contributed by atoms with Crippen molar-refractivity contribution in [1.29, 1.82) is 0 Å². The molecule has 0 heterocycles. The first kappa shape index (κ1) is 8.75. The normalized spacial score (nSPS) is 11.2. The number of hydrogen-bond acceptors (Lipinski definition) is 2. The predicted octanol–water partition coefficient (Wildman–Crippen LogP) is 2.01. The van der Waals surface area contributed by atoms with Crippen LogP contribution in [0.1, 0.15) is 0 Å². The Labute approximate surface area is 59.4 Å². The number of rotatable bonds is 5. The maximum absolute atomic E-state index is 7.97. The van der Waals surface area contributed by atoms with Gasteiger partial charge in [0.1, 0.15) is 0 Å². The fourth-order valence-corrected chi connectivity index (χ4v) is 0.366.